The molecule has 1 fully saturated rings. The van der Waals surface area contributed by atoms with E-state index in [1.807, 2.05) is 61.5 Å². The van der Waals surface area contributed by atoms with Crippen LogP contribution in [0.1, 0.15) is 40.9 Å². The van der Waals surface area contributed by atoms with Gasteiger partial charge in [-0.2, -0.15) is 0 Å². The largest absolute Gasteiger partial charge is 0.497 e. The number of para-hydroxylation sites is 1. The van der Waals surface area contributed by atoms with Gasteiger partial charge in [-0.05, 0) is 48.9 Å². The molecule has 2 atom stereocenters. The van der Waals surface area contributed by atoms with Crippen molar-refractivity contribution in [1.82, 2.24) is 10.6 Å². The van der Waals surface area contributed by atoms with Crippen LogP contribution in [0.5, 0.6) is 11.5 Å². The molecule has 2 heterocycles. The average molecular weight is 444 g/mol. The second kappa shape index (κ2) is 8.16. The van der Waals surface area contributed by atoms with Crippen LogP contribution >= 0.6 is 0 Å². The Morgan fingerprint density at radius 1 is 1.15 bits per heavy atom. The van der Waals surface area contributed by atoms with Crippen LogP contribution in [0.3, 0.4) is 0 Å². The van der Waals surface area contributed by atoms with Crippen molar-refractivity contribution in [2.45, 2.75) is 31.7 Å². The number of rotatable bonds is 5. The minimum absolute atomic E-state index is 0.111. The maximum Gasteiger partial charge on any atom is 0.325 e. The fraction of sp³-hybridized carbons (Fsp3) is 0.231. The molecule has 2 N–H and O–H groups in total. The summed E-state index contributed by atoms with van der Waals surface area (Å²) in [6.07, 6.45) is 0.601. The molecular weight excluding hydrogens is 418 g/mol. The summed E-state index contributed by atoms with van der Waals surface area (Å²) >= 11 is 0. The summed E-state index contributed by atoms with van der Waals surface area (Å²) in [5.74, 6) is 1.30. The summed E-state index contributed by atoms with van der Waals surface area (Å²) in [6.45, 7) is 2.29. The van der Waals surface area contributed by atoms with Crippen molar-refractivity contribution in [3.05, 3.63) is 89.5 Å². The summed E-state index contributed by atoms with van der Waals surface area (Å²) in [5.41, 5.74) is 2.15. The minimum Gasteiger partial charge on any atom is -0.497 e. The molecular formula is C26H25N3O4. The first-order valence-electron chi connectivity index (χ1n) is 10.9. The first-order chi connectivity index (χ1) is 16.0. The van der Waals surface area contributed by atoms with E-state index >= 15 is 0 Å². The highest BCUT2D eigenvalue weighted by Crippen LogP contribution is 2.45. The zero-order valence-electron chi connectivity index (χ0n) is 18.5. The van der Waals surface area contributed by atoms with Gasteiger partial charge in [0.25, 0.3) is 5.91 Å². The molecule has 0 radical (unpaired) electrons. The molecule has 2 bridgehead atoms. The Balaban J connectivity index is 1.36. The van der Waals surface area contributed by atoms with E-state index in [-0.39, 0.29) is 18.0 Å². The van der Waals surface area contributed by atoms with E-state index in [0.717, 1.165) is 22.6 Å². The van der Waals surface area contributed by atoms with E-state index in [1.165, 1.54) is 0 Å². The highest BCUT2D eigenvalue weighted by atomic mass is 16.5. The maximum absolute atomic E-state index is 13.1. The Morgan fingerprint density at radius 2 is 1.94 bits per heavy atom. The molecule has 3 aromatic carbocycles. The lowest BCUT2D eigenvalue weighted by Gasteiger charge is -2.50. The molecule has 7 heteroatoms. The first kappa shape index (κ1) is 20.9. The molecule has 2 aliphatic rings. The third kappa shape index (κ3) is 3.86. The second-order valence-corrected chi connectivity index (χ2v) is 8.44. The van der Waals surface area contributed by atoms with Crippen molar-refractivity contribution in [3.63, 3.8) is 0 Å². The number of carbonyl (C=O) groups is 2. The number of nitrogens with one attached hydrogen (secondary N) is 2. The molecule has 1 saturated heterocycles. The molecule has 0 saturated carbocycles. The van der Waals surface area contributed by atoms with Crippen LogP contribution in [-0.4, -0.2) is 24.8 Å². The summed E-state index contributed by atoms with van der Waals surface area (Å²) in [7, 11) is 1.62. The lowest BCUT2D eigenvalue weighted by molar-refractivity contribution is 0.0378. The van der Waals surface area contributed by atoms with Gasteiger partial charge < -0.3 is 20.1 Å². The minimum atomic E-state index is -0.862. The van der Waals surface area contributed by atoms with Crippen LogP contribution in [0, 0.1) is 0 Å². The smallest absolute Gasteiger partial charge is 0.325 e. The van der Waals surface area contributed by atoms with E-state index in [0.29, 0.717) is 24.2 Å². The quantitative estimate of drug-likeness (QED) is 0.613. The molecule has 2 aliphatic heterocycles. The first-order valence-corrected chi connectivity index (χ1v) is 10.9. The van der Waals surface area contributed by atoms with Crippen LogP contribution in [0.25, 0.3) is 0 Å². The molecule has 0 aliphatic carbocycles. The van der Waals surface area contributed by atoms with Crippen molar-refractivity contribution >= 4 is 17.6 Å². The highest BCUT2D eigenvalue weighted by molar-refractivity contribution is 5.99. The Hall–Kier alpha value is -4.00. The monoisotopic (exact) mass is 443 g/mol. The fourth-order valence-electron chi connectivity index (χ4n) is 4.53. The van der Waals surface area contributed by atoms with E-state index in [2.05, 4.69) is 10.6 Å². The number of fused-ring (bicyclic) bond motifs is 4. The fourth-order valence-corrected chi connectivity index (χ4v) is 4.53. The predicted octanol–water partition coefficient (Wildman–Crippen LogP) is 4.39. The average Bonchev–Trinajstić information content (AvgIpc) is 2.82. The number of nitrogens with zero attached hydrogens (tertiary/aromatic N) is 1. The van der Waals surface area contributed by atoms with Gasteiger partial charge >= 0.3 is 6.03 Å². The number of methoxy groups -OCH3 is 1. The predicted molar refractivity (Wildman–Crippen MR) is 124 cm³/mol. The summed E-state index contributed by atoms with van der Waals surface area (Å²) in [5, 5.41) is 6.01. The third-order valence-electron chi connectivity index (χ3n) is 6.16. The van der Waals surface area contributed by atoms with Gasteiger partial charge in [0.15, 0.2) is 5.72 Å². The van der Waals surface area contributed by atoms with Crippen molar-refractivity contribution in [2.24, 2.45) is 0 Å². The van der Waals surface area contributed by atoms with Crippen LogP contribution in [0.4, 0.5) is 10.5 Å². The summed E-state index contributed by atoms with van der Waals surface area (Å²) in [4.78, 5) is 27.5. The van der Waals surface area contributed by atoms with Crippen LogP contribution < -0.4 is 25.0 Å². The molecule has 33 heavy (non-hydrogen) atoms. The highest BCUT2D eigenvalue weighted by Gasteiger charge is 2.49. The Bertz CT molecular complexity index is 1210. The van der Waals surface area contributed by atoms with Crippen molar-refractivity contribution in [2.75, 3.05) is 12.0 Å². The normalized spacial score (nSPS) is 20.8. The Kier molecular flexibility index (Phi) is 5.17. The molecule has 7 nitrogen and oxygen atoms in total. The number of hydrogen-bond donors (Lipinski definition) is 2. The van der Waals surface area contributed by atoms with Crippen molar-refractivity contribution in [1.29, 1.82) is 0 Å². The van der Waals surface area contributed by atoms with Gasteiger partial charge in [0, 0.05) is 24.1 Å². The lowest BCUT2D eigenvalue weighted by atomic mass is 9.90. The van der Waals surface area contributed by atoms with Gasteiger partial charge in [0.1, 0.15) is 11.5 Å². The van der Waals surface area contributed by atoms with Gasteiger partial charge in [-0.15, -0.1) is 0 Å². The maximum atomic E-state index is 13.1. The Morgan fingerprint density at radius 3 is 2.73 bits per heavy atom. The molecule has 3 amide bonds. The number of benzene rings is 3. The van der Waals surface area contributed by atoms with Gasteiger partial charge in [0.2, 0.25) is 0 Å². The van der Waals surface area contributed by atoms with Crippen LogP contribution in [0.2, 0.25) is 0 Å². The number of ether oxygens (including phenoxy) is 2. The topological polar surface area (TPSA) is 79.9 Å². The number of amides is 3. The summed E-state index contributed by atoms with van der Waals surface area (Å²) < 4.78 is 11.5. The van der Waals surface area contributed by atoms with Crippen molar-refractivity contribution < 1.29 is 19.1 Å². The zero-order chi connectivity index (χ0) is 23.0. The molecule has 0 aromatic heterocycles. The van der Waals surface area contributed by atoms with Crippen LogP contribution in [0.15, 0.2) is 72.8 Å². The van der Waals surface area contributed by atoms with Gasteiger partial charge in [-0.1, -0.05) is 36.4 Å². The van der Waals surface area contributed by atoms with Gasteiger partial charge in [-0.3, -0.25) is 9.69 Å². The second-order valence-electron chi connectivity index (χ2n) is 8.44. The summed E-state index contributed by atoms with van der Waals surface area (Å²) in [6, 6.07) is 22.0. The van der Waals surface area contributed by atoms with Gasteiger partial charge in [-0.25, -0.2) is 4.79 Å². The molecule has 0 unspecified atom stereocenters. The third-order valence-corrected chi connectivity index (χ3v) is 6.16. The Labute approximate surface area is 192 Å². The number of anilines is 1. The molecule has 5 rings (SSSR count). The molecule has 3 aromatic rings. The van der Waals surface area contributed by atoms with E-state index in [9.17, 15) is 9.59 Å². The van der Waals surface area contributed by atoms with E-state index in [4.69, 9.17) is 9.47 Å². The van der Waals surface area contributed by atoms with Crippen LogP contribution in [-0.2, 0) is 6.54 Å². The lowest BCUT2D eigenvalue weighted by Crippen LogP contribution is -2.65. The number of carbonyl (C=O) groups excluding carboxylic acids is 2. The number of hydrogen-bond acceptors (Lipinski definition) is 4. The van der Waals surface area contributed by atoms with E-state index in [1.54, 1.807) is 30.2 Å². The SMILES string of the molecule is COc1ccc(CNC(=O)c2cccc(N3C(=O)N[C@H]4C[C@@]3(C)Oc3ccccc34)c2)cc1. The zero-order valence-corrected chi connectivity index (χ0v) is 18.5. The number of urea groups is 1. The van der Waals surface area contributed by atoms with Crippen molar-refractivity contribution in [3.8, 4) is 11.5 Å². The molecule has 168 valence electrons. The standard InChI is InChI=1S/C26H25N3O4/c1-26-15-22(21-8-3-4-9-23(21)33-26)28-25(31)29(26)19-7-5-6-18(14-19)24(30)27-16-17-10-12-20(32-2)13-11-17/h3-14,22H,15-16H2,1-2H3,(H,27,30)(H,28,31)/t22-,26+/m0/s1. The van der Waals surface area contributed by atoms with Gasteiger partial charge in [0.05, 0.1) is 18.8 Å². The molecule has 0 spiro atoms. The van der Waals surface area contributed by atoms with E-state index < -0.39 is 5.72 Å².